The maximum Gasteiger partial charge on any atom is 0.417 e. The fourth-order valence-electron chi connectivity index (χ4n) is 2.69. The van der Waals surface area contributed by atoms with Crippen molar-refractivity contribution in [3.8, 4) is 11.3 Å². The first-order valence-electron chi connectivity index (χ1n) is 8.53. The number of nitrogens with zero attached hydrogens (tertiary/aromatic N) is 1. The number of nitrogens with one attached hydrogen (secondary N) is 1. The number of anilines is 2. The number of thiophene rings is 1. The van der Waals surface area contributed by atoms with Crippen molar-refractivity contribution in [3.05, 3.63) is 48.4 Å². The molecule has 0 aliphatic heterocycles. The summed E-state index contributed by atoms with van der Waals surface area (Å²) < 4.78 is 45.4. The Hall–Kier alpha value is -1.62. The van der Waals surface area contributed by atoms with Crippen molar-refractivity contribution < 1.29 is 22.7 Å². The number of halogens is 5. The summed E-state index contributed by atoms with van der Waals surface area (Å²) in [5.41, 5.74) is 0.350. The number of aromatic nitrogens is 1. The highest BCUT2D eigenvalue weighted by Crippen LogP contribution is 2.42. The van der Waals surface area contributed by atoms with E-state index in [2.05, 4.69) is 26.2 Å². The average molecular weight is 540 g/mol. The molecule has 3 rings (SSSR count). The van der Waals surface area contributed by atoms with E-state index >= 15 is 0 Å². The van der Waals surface area contributed by atoms with E-state index < -0.39 is 17.7 Å². The molecule has 0 spiro atoms. The van der Waals surface area contributed by atoms with Crippen LogP contribution in [0.4, 0.5) is 24.0 Å². The molecule has 0 unspecified atom stereocenters. The molecule has 0 saturated carbocycles. The van der Waals surface area contributed by atoms with E-state index in [9.17, 15) is 18.0 Å². The fraction of sp³-hybridized carbons (Fsp3) is 0.263. The van der Waals surface area contributed by atoms with E-state index in [1.165, 1.54) is 41.9 Å². The molecule has 1 N–H and O–H groups in total. The van der Waals surface area contributed by atoms with Crippen molar-refractivity contribution in [1.29, 1.82) is 0 Å². The molecule has 4 nitrogen and oxygen atoms in total. The summed E-state index contributed by atoms with van der Waals surface area (Å²) in [6.45, 7) is 3.87. The number of hydrogen-bond donors (Lipinski definition) is 1. The van der Waals surface area contributed by atoms with Crippen molar-refractivity contribution in [3.63, 3.8) is 0 Å². The van der Waals surface area contributed by atoms with Gasteiger partial charge in [-0.05, 0) is 40.0 Å². The van der Waals surface area contributed by atoms with Crippen LogP contribution in [0.5, 0.6) is 0 Å². The summed E-state index contributed by atoms with van der Waals surface area (Å²) >= 11 is 11.6. The third-order valence-electron chi connectivity index (χ3n) is 4.04. The highest BCUT2D eigenvalue weighted by Gasteiger charge is 2.34. The first-order valence-corrected chi connectivity index (χ1v) is 11.3. The Kier molecular flexibility index (Phi) is 6.81. The molecule has 11 heteroatoms. The second-order valence-electron chi connectivity index (χ2n) is 6.49. The fourth-order valence-corrected chi connectivity index (χ4v) is 5.39. The van der Waals surface area contributed by atoms with E-state index in [0.717, 1.165) is 14.7 Å². The molecule has 0 saturated heterocycles. The Morgan fingerprint density at radius 1 is 1.27 bits per heavy atom. The van der Waals surface area contributed by atoms with Crippen LogP contribution in [-0.4, -0.2) is 18.1 Å². The molecule has 1 aromatic carbocycles. The van der Waals surface area contributed by atoms with Gasteiger partial charge in [-0.15, -0.1) is 22.7 Å². The molecular weight excluding hydrogens is 525 g/mol. The van der Waals surface area contributed by atoms with E-state index in [1.54, 1.807) is 6.07 Å². The summed E-state index contributed by atoms with van der Waals surface area (Å²) in [4.78, 5) is 17.7. The molecule has 160 valence electrons. The Morgan fingerprint density at radius 2 is 1.97 bits per heavy atom. The zero-order valence-corrected chi connectivity index (χ0v) is 19.8. The standard InChI is InChI=1S/C19H15BrClF3N2O2S2/c1-8(2)15-14(9-4-5-11(21)10(6-9)19(22,23)24)26-18(30-15)25-12-7-13(20)29-16(12)17(27)28-3/h4-8H,1-3H3,(H,25,26). The lowest BCUT2D eigenvalue weighted by Crippen LogP contribution is -2.06. The number of hydrogen-bond acceptors (Lipinski definition) is 6. The van der Waals surface area contributed by atoms with Gasteiger partial charge in [-0.2, -0.15) is 13.2 Å². The Labute approximate surface area is 192 Å². The van der Waals surface area contributed by atoms with E-state index in [0.29, 0.717) is 27.0 Å². The third-order valence-corrected chi connectivity index (χ3v) is 7.26. The molecule has 0 bridgehead atoms. The number of benzene rings is 1. The summed E-state index contributed by atoms with van der Waals surface area (Å²) in [6.07, 6.45) is -4.57. The lowest BCUT2D eigenvalue weighted by molar-refractivity contribution is -0.137. The van der Waals surface area contributed by atoms with Gasteiger partial charge in [0, 0.05) is 10.4 Å². The van der Waals surface area contributed by atoms with Crippen LogP contribution in [0, 0.1) is 0 Å². The van der Waals surface area contributed by atoms with Crippen molar-refractivity contribution in [2.45, 2.75) is 25.9 Å². The SMILES string of the molecule is COC(=O)c1sc(Br)cc1Nc1nc(-c2ccc(Cl)c(C(F)(F)F)c2)c(C(C)C)s1. The Morgan fingerprint density at radius 3 is 2.57 bits per heavy atom. The van der Waals surface area contributed by atoms with Gasteiger partial charge in [0.15, 0.2) is 5.13 Å². The van der Waals surface area contributed by atoms with Crippen LogP contribution in [0.1, 0.15) is 39.9 Å². The summed E-state index contributed by atoms with van der Waals surface area (Å²) in [6, 6.07) is 5.47. The summed E-state index contributed by atoms with van der Waals surface area (Å²) in [5, 5.41) is 3.18. The highest BCUT2D eigenvalue weighted by atomic mass is 79.9. The minimum Gasteiger partial charge on any atom is -0.465 e. The van der Waals surface area contributed by atoms with E-state index in [4.69, 9.17) is 16.3 Å². The van der Waals surface area contributed by atoms with Gasteiger partial charge >= 0.3 is 12.1 Å². The molecule has 0 aliphatic carbocycles. The maximum absolute atomic E-state index is 13.3. The third kappa shape index (κ3) is 4.82. The summed E-state index contributed by atoms with van der Waals surface area (Å²) in [7, 11) is 1.29. The van der Waals surface area contributed by atoms with Crippen molar-refractivity contribution >= 4 is 67.0 Å². The quantitative estimate of drug-likeness (QED) is 0.334. The van der Waals surface area contributed by atoms with Crippen LogP contribution in [0.2, 0.25) is 5.02 Å². The second kappa shape index (κ2) is 8.86. The zero-order valence-electron chi connectivity index (χ0n) is 15.9. The van der Waals surface area contributed by atoms with Gasteiger partial charge in [0.2, 0.25) is 0 Å². The molecule has 30 heavy (non-hydrogen) atoms. The number of alkyl halides is 3. The zero-order chi connectivity index (χ0) is 22.2. The molecule has 0 atom stereocenters. The number of carbonyl (C=O) groups excluding carboxylic acids is 1. The number of rotatable bonds is 5. The first-order chi connectivity index (χ1) is 14.0. The number of esters is 1. The van der Waals surface area contributed by atoms with Gasteiger partial charge in [0.25, 0.3) is 0 Å². The van der Waals surface area contributed by atoms with E-state index in [1.807, 2.05) is 13.8 Å². The second-order valence-corrected chi connectivity index (χ2v) is 10.4. The topological polar surface area (TPSA) is 51.2 Å². The van der Waals surface area contributed by atoms with Crippen molar-refractivity contribution in [1.82, 2.24) is 4.98 Å². The van der Waals surface area contributed by atoms with Crippen molar-refractivity contribution in [2.24, 2.45) is 0 Å². The minimum absolute atomic E-state index is 0.0207. The van der Waals surface area contributed by atoms with Gasteiger partial charge in [-0.3, -0.25) is 0 Å². The molecule has 0 radical (unpaired) electrons. The van der Waals surface area contributed by atoms with Crippen molar-refractivity contribution in [2.75, 3.05) is 12.4 Å². The Balaban J connectivity index is 2.05. The van der Waals surface area contributed by atoms with Gasteiger partial charge < -0.3 is 10.1 Å². The number of carbonyl (C=O) groups is 1. The molecular formula is C19H15BrClF3N2O2S2. The Bertz CT molecular complexity index is 1100. The largest absolute Gasteiger partial charge is 0.465 e. The number of methoxy groups -OCH3 is 1. The molecule has 2 heterocycles. The van der Waals surface area contributed by atoms with Gasteiger partial charge in [0.1, 0.15) is 4.88 Å². The minimum atomic E-state index is -4.57. The van der Waals surface area contributed by atoms with Gasteiger partial charge in [-0.1, -0.05) is 31.5 Å². The molecule has 0 fully saturated rings. The lowest BCUT2D eigenvalue weighted by atomic mass is 10.0. The molecule has 3 aromatic rings. The highest BCUT2D eigenvalue weighted by molar-refractivity contribution is 9.11. The van der Waals surface area contributed by atoms with Gasteiger partial charge in [-0.25, -0.2) is 9.78 Å². The average Bonchev–Trinajstić information content (AvgIpc) is 3.24. The maximum atomic E-state index is 13.3. The summed E-state index contributed by atoms with van der Waals surface area (Å²) in [5.74, 6) is -0.478. The molecule has 0 aliphatic rings. The van der Waals surface area contributed by atoms with Crippen LogP contribution in [0.15, 0.2) is 28.1 Å². The van der Waals surface area contributed by atoms with Crippen LogP contribution in [0.3, 0.4) is 0 Å². The van der Waals surface area contributed by atoms with Gasteiger partial charge in [0.05, 0.1) is 32.9 Å². The first kappa shape index (κ1) is 23.1. The predicted octanol–water partition coefficient (Wildman–Crippen LogP) is 7.96. The molecule has 0 amide bonds. The monoisotopic (exact) mass is 538 g/mol. The number of thiazole rings is 1. The normalized spacial score (nSPS) is 11.8. The number of ether oxygens (including phenoxy) is 1. The molecule has 2 aromatic heterocycles. The smallest absolute Gasteiger partial charge is 0.417 e. The predicted molar refractivity (Wildman–Crippen MR) is 118 cm³/mol. The van der Waals surface area contributed by atoms with Crippen LogP contribution in [0.25, 0.3) is 11.3 Å². The van der Waals surface area contributed by atoms with Crippen LogP contribution < -0.4 is 5.32 Å². The van der Waals surface area contributed by atoms with E-state index in [-0.39, 0.29) is 10.9 Å². The lowest BCUT2D eigenvalue weighted by Gasteiger charge is -2.11. The van der Waals surface area contributed by atoms with Crippen LogP contribution >= 0.6 is 50.2 Å². The van der Waals surface area contributed by atoms with Crippen LogP contribution in [-0.2, 0) is 10.9 Å².